The lowest BCUT2D eigenvalue weighted by molar-refractivity contribution is -0.695. The van der Waals surface area contributed by atoms with E-state index in [1.165, 1.54) is 29.2 Å². The zero-order chi connectivity index (χ0) is 22.3. The molecule has 0 aliphatic carbocycles. The number of alkyl halides is 3. The van der Waals surface area contributed by atoms with Crippen molar-refractivity contribution in [3.05, 3.63) is 73.4 Å². The Labute approximate surface area is 185 Å². The number of rotatable bonds is 3. The molecule has 0 saturated carbocycles. The number of aryl methyl sites for hydroxylation is 1. The first-order chi connectivity index (χ1) is 14.7. The van der Waals surface area contributed by atoms with Crippen molar-refractivity contribution in [2.45, 2.75) is 38.0 Å². The van der Waals surface area contributed by atoms with E-state index < -0.39 is 11.7 Å². The summed E-state index contributed by atoms with van der Waals surface area (Å²) in [5.74, 6) is 0. The Morgan fingerprint density at radius 2 is 1.94 bits per heavy atom. The topological polar surface area (TPSA) is 29.1 Å². The van der Waals surface area contributed by atoms with Crippen LogP contribution in [0.25, 0.3) is 11.1 Å². The standard InChI is InChI=1S/C22H21F3N3OS2/c1-4-27-11-7-6-8-15(27)13-18-28(5-2)20(29)19(31-18)21-26(3)16-10-9-14(22(23,24)25)12-17(16)30-21/h6-13H,4-5H2,1-3H3/q+1/b21-19+. The molecule has 0 spiro atoms. The van der Waals surface area contributed by atoms with Gasteiger partial charge in [0.2, 0.25) is 5.69 Å². The Bertz CT molecular complexity index is 1320. The van der Waals surface area contributed by atoms with Gasteiger partial charge < -0.3 is 4.90 Å². The van der Waals surface area contributed by atoms with E-state index in [9.17, 15) is 18.0 Å². The molecule has 0 radical (unpaired) electrons. The molecule has 4 rings (SSSR count). The number of halogens is 3. The summed E-state index contributed by atoms with van der Waals surface area (Å²) in [5.41, 5.74) is 0.834. The Morgan fingerprint density at radius 1 is 1.16 bits per heavy atom. The first-order valence-electron chi connectivity index (χ1n) is 9.81. The maximum atomic E-state index is 13.2. The first kappa shape index (κ1) is 21.7. The summed E-state index contributed by atoms with van der Waals surface area (Å²) in [6.45, 7) is 5.27. The van der Waals surface area contributed by atoms with Gasteiger partial charge in [-0.25, -0.2) is 0 Å². The lowest BCUT2D eigenvalue weighted by Crippen LogP contribution is -2.36. The van der Waals surface area contributed by atoms with Crippen LogP contribution < -0.4 is 24.2 Å². The fourth-order valence-electron chi connectivity index (χ4n) is 3.53. The van der Waals surface area contributed by atoms with Crippen molar-refractivity contribution in [1.82, 2.24) is 4.57 Å². The van der Waals surface area contributed by atoms with Crippen molar-refractivity contribution in [3.63, 3.8) is 0 Å². The minimum Gasteiger partial charge on any atom is -0.337 e. The van der Waals surface area contributed by atoms with Gasteiger partial charge in [-0.2, -0.15) is 17.7 Å². The number of benzene rings is 1. The second-order valence-electron chi connectivity index (χ2n) is 7.02. The van der Waals surface area contributed by atoms with Crippen molar-refractivity contribution in [2.24, 2.45) is 0 Å². The second-order valence-corrected chi connectivity index (χ2v) is 9.08. The highest BCUT2D eigenvalue weighted by atomic mass is 32.2. The Balaban J connectivity index is 1.89. The average Bonchev–Trinajstić information content (AvgIpc) is 3.23. The van der Waals surface area contributed by atoms with Crippen LogP contribution in [0.3, 0.4) is 0 Å². The van der Waals surface area contributed by atoms with E-state index in [4.69, 9.17) is 0 Å². The molecule has 0 bridgehead atoms. The third kappa shape index (κ3) is 3.92. The molecule has 2 aromatic heterocycles. The molecule has 162 valence electrons. The van der Waals surface area contributed by atoms with Gasteiger partial charge in [0.1, 0.15) is 20.8 Å². The zero-order valence-corrected chi connectivity index (χ0v) is 18.9. The molecule has 3 heterocycles. The summed E-state index contributed by atoms with van der Waals surface area (Å²) < 4.78 is 44.5. The number of pyridine rings is 1. The van der Waals surface area contributed by atoms with Gasteiger partial charge in [0.05, 0.1) is 11.3 Å². The smallest absolute Gasteiger partial charge is 0.337 e. The number of nitrogens with zero attached hydrogens (tertiary/aromatic N) is 3. The molecule has 4 nitrogen and oxygen atoms in total. The molecule has 0 unspecified atom stereocenters. The number of fused-ring (bicyclic) bond motifs is 1. The number of thioether (sulfide) groups is 1. The molecule has 0 N–H and O–H groups in total. The predicted octanol–water partition coefficient (Wildman–Crippen LogP) is 3.39. The van der Waals surface area contributed by atoms with Crippen molar-refractivity contribution >= 4 is 39.9 Å². The van der Waals surface area contributed by atoms with Gasteiger partial charge >= 0.3 is 6.18 Å². The van der Waals surface area contributed by atoms with Crippen molar-refractivity contribution in [1.29, 1.82) is 0 Å². The summed E-state index contributed by atoms with van der Waals surface area (Å²) in [7, 11) is 1.78. The minimum atomic E-state index is -4.40. The van der Waals surface area contributed by atoms with Crippen LogP contribution in [-0.2, 0) is 19.3 Å². The highest BCUT2D eigenvalue weighted by molar-refractivity contribution is 8.08. The fourth-order valence-corrected chi connectivity index (χ4v) is 6.03. The molecule has 31 heavy (non-hydrogen) atoms. The third-order valence-corrected chi connectivity index (χ3v) is 7.64. The van der Waals surface area contributed by atoms with Gasteiger partial charge in [-0.3, -0.25) is 9.36 Å². The van der Waals surface area contributed by atoms with Gasteiger partial charge in [-0.15, -0.1) is 11.3 Å². The molecule has 0 saturated heterocycles. The largest absolute Gasteiger partial charge is 0.416 e. The number of aromatic nitrogens is 2. The van der Waals surface area contributed by atoms with Gasteiger partial charge in [0, 0.05) is 36.7 Å². The summed E-state index contributed by atoms with van der Waals surface area (Å²) in [6, 6.07) is 9.59. The molecule has 0 atom stereocenters. The van der Waals surface area contributed by atoms with Gasteiger partial charge in [0.25, 0.3) is 5.56 Å². The summed E-state index contributed by atoms with van der Waals surface area (Å²) >= 11 is 2.57. The molecule has 1 aliphatic rings. The maximum absolute atomic E-state index is 13.2. The molecule has 0 amide bonds. The maximum Gasteiger partial charge on any atom is 0.416 e. The number of thiazole rings is 1. The fraction of sp³-hybridized carbons (Fsp3) is 0.273. The van der Waals surface area contributed by atoms with E-state index >= 15 is 0 Å². The van der Waals surface area contributed by atoms with Crippen LogP contribution in [0.5, 0.6) is 0 Å². The van der Waals surface area contributed by atoms with Gasteiger partial charge in [-0.1, -0.05) is 11.8 Å². The van der Waals surface area contributed by atoms with Crippen LogP contribution in [0.4, 0.5) is 18.9 Å². The van der Waals surface area contributed by atoms with Crippen molar-refractivity contribution < 1.29 is 17.7 Å². The Kier molecular flexibility index (Phi) is 5.74. The summed E-state index contributed by atoms with van der Waals surface area (Å²) in [4.78, 5) is 15.5. The summed E-state index contributed by atoms with van der Waals surface area (Å²) in [5, 5.41) is 0.655. The molecule has 1 aliphatic heterocycles. The molecule has 0 fully saturated rings. The highest BCUT2D eigenvalue weighted by Gasteiger charge is 2.33. The van der Waals surface area contributed by atoms with E-state index in [-0.39, 0.29) is 5.56 Å². The second kappa shape index (κ2) is 8.20. The minimum absolute atomic E-state index is 0.129. The predicted molar refractivity (Wildman–Crippen MR) is 118 cm³/mol. The highest BCUT2D eigenvalue weighted by Crippen LogP contribution is 2.47. The first-order valence-corrected chi connectivity index (χ1v) is 11.4. The van der Waals surface area contributed by atoms with Crippen molar-refractivity contribution in [2.75, 3.05) is 11.9 Å². The van der Waals surface area contributed by atoms with Crippen LogP contribution in [0.15, 0.2) is 52.3 Å². The SMILES string of the molecule is CCn1c(=O)/c(=C2\Sc3cc(C(F)(F)F)ccc3N2C)s/c1=C\c1cccc[n+]1CC. The monoisotopic (exact) mass is 464 g/mol. The quantitative estimate of drug-likeness (QED) is 0.557. The van der Waals surface area contributed by atoms with Crippen LogP contribution in [0.1, 0.15) is 25.1 Å². The van der Waals surface area contributed by atoms with E-state index in [2.05, 4.69) is 11.5 Å². The van der Waals surface area contributed by atoms with Crippen LogP contribution in [-0.4, -0.2) is 11.6 Å². The number of hydrogen-bond acceptors (Lipinski definition) is 4. The average molecular weight is 465 g/mol. The Hall–Kier alpha value is -2.52. The zero-order valence-electron chi connectivity index (χ0n) is 17.2. The molecule has 9 heteroatoms. The van der Waals surface area contributed by atoms with E-state index in [1.807, 2.05) is 37.4 Å². The van der Waals surface area contributed by atoms with Crippen LogP contribution in [0.2, 0.25) is 0 Å². The Morgan fingerprint density at radius 3 is 2.61 bits per heavy atom. The van der Waals surface area contributed by atoms with E-state index in [1.54, 1.807) is 16.5 Å². The lowest BCUT2D eigenvalue weighted by Gasteiger charge is -2.13. The molecular weight excluding hydrogens is 443 g/mol. The molecule has 1 aromatic carbocycles. The molecular formula is C22H21F3N3OS2+. The normalized spacial score (nSPS) is 16.2. The van der Waals surface area contributed by atoms with Gasteiger partial charge in [-0.05, 0) is 38.1 Å². The third-order valence-electron chi connectivity index (χ3n) is 5.17. The number of anilines is 1. The molecule has 3 aromatic rings. The van der Waals surface area contributed by atoms with E-state index in [0.29, 0.717) is 26.7 Å². The van der Waals surface area contributed by atoms with Crippen LogP contribution in [0, 0.1) is 0 Å². The summed E-state index contributed by atoms with van der Waals surface area (Å²) in [6.07, 6.45) is -0.433. The van der Waals surface area contributed by atoms with Crippen molar-refractivity contribution in [3.8, 4) is 0 Å². The number of hydrogen-bond donors (Lipinski definition) is 0. The van der Waals surface area contributed by atoms with Gasteiger partial charge in [0.15, 0.2) is 6.20 Å². The van der Waals surface area contributed by atoms with E-state index in [0.717, 1.165) is 29.0 Å². The lowest BCUT2D eigenvalue weighted by atomic mass is 10.2. The van der Waals surface area contributed by atoms with Crippen LogP contribution >= 0.6 is 23.1 Å².